The van der Waals surface area contributed by atoms with E-state index in [-0.39, 0.29) is 4.90 Å². The maximum Gasteiger partial charge on any atom is 0.264 e. The first-order valence-electron chi connectivity index (χ1n) is 6.52. The molecule has 0 bridgehead atoms. The van der Waals surface area contributed by atoms with Crippen LogP contribution in [0.15, 0.2) is 51.8 Å². The second-order valence-corrected chi connectivity index (χ2v) is 7.60. The molecule has 7 heteroatoms. The summed E-state index contributed by atoms with van der Waals surface area (Å²) in [7, 11) is -2.15. The van der Waals surface area contributed by atoms with Gasteiger partial charge in [-0.3, -0.25) is 4.31 Å². The average molecular weight is 405 g/mol. The Morgan fingerprint density at radius 2 is 1.95 bits per heavy atom. The third-order valence-corrected chi connectivity index (χ3v) is 5.85. The summed E-state index contributed by atoms with van der Waals surface area (Å²) in [6.07, 6.45) is 0. The number of benzene rings is 2. The Balaban J connectivity index is 2.49. The molecule has 0 unspecified atom stereocenters. The number of sulfonamides is 1. The first-order valence-corrected chi connectivity index (χ1v) is 9.13. The second-order valence-electron chi connectivity index (χ2n) is 4.45. The van der Waals surface area contributed by atoms with Crippen LogP contribution in [0.2, 0.25) is 5.02 Å². The van der Waals surface area contributed by atoms with Gasteiger partial charge in [0, 0.05) is 11.6 Å². The topological polar surface area (TPSA) is 46.6 Å². The van der Waals surface area contributed by atoms with E-state index in [0.29, 0.717) is 27.5 Å². The highest BCUT2D eigenvalue weighted by molar-refractivity contribution is 9.10. The van der Waals surface area contributed by atoms with Crippen LogP contribution in [0.25, 0.3) is 0 Å². The van der Waals surface area contributed by atoms with Gasteiger partial charge in [-0.2, -0.15) is 0 Å². The van der Waals surface area contributed by atoms with Gasteiger partial charge in [0.15, 0.2) is 0 Å². The van der Waals surface area contributed by atoms with Crippen molar-refractivity contribution in [2.75, 3.05) is 18.0 Å². The van der Waals surface area contributed by atoms with Crippen LogP contribution in [0.1, 0.15) is 6.92 Å². The van der Waals surface area contributed by atoms with Gasteiger partial charge in [-0.15, -0.1) is 0 Å². The molecule has 22 heavy (non-hydrogen) atoms. The largest absolute Gasteiger partial charge is 0.496 e. The van der Waals surface area contributed by atoms with Gasteiger partial charge in [0.25, 0.3) is 10.0 Å². The van der Waals surface area contributed by atoms with E-state index in [1.165, 1.54) is 23.5 Å². The molecular formula is C15H15BrClNO3S. The lowest BCUT2D eigenvalue weighted by atomic mass is 10.3. The number of hydrogen-bond donors (Lipinski definition) is 0. The number of nitrogens with zero attached hydrogens (tertiary/aromatic N) is 1. The highest BCUT2D eigenvalue weighted by atomic mass is 79.9. The molecule has 0 spiro atoms. The number of hydrogen-bond acceptors (Lipinski definition) is 3. The summed E-state index contributed by atoms with van der Waals surface area (Å²) in [5.41, 5.74) is 0.530. The number of halogens is 2. The minimum absolute atomic E-state index is 0.182. The Labute approximate surface area is 143 Å². The molecule has 0 saturated carbocycles. The van der Waals surface area contributed by atoms with E-state index in [1.807, 2.05) is 0 Å². The van der Waals surface area contributed by atoms with Crippen LogP contribution < -0.4 is 9.04 Å². The molecule has 0 aliphatic heterocycles. The molecule has 118 valence electrons. The molecule has 0 heterocycles. The summed E-state index contributed by atoms with van der Waals surface area (Å²) in [4.78, 5) is 0.182. The first-order chi connectivity index (χ1) is 10.4. The summed E-state index contributed by atoms with van der Waals surface area (Å²) in [6.45, 7) is 2.07. The Kier molecular flexibility index (Phi) is 5.36. The van der Waals surface area contributed by atoms with Crippen molar-refractivity contribution in [3.05, 3.63) is 52.0 Å². The predicted octanol–water partition coefficient (Wildman–Crippen LogP) is 4.33. The van der Waals surface area contributed by atoms with Gasteiger partial charge in [0.05, 0.1) is 22.2 Å². The van der Waals surface area contributed by atoms with Gasteiger partial charge in [-0.05, 0) is 59.3 Å². The quantitative estimate of drug-likeness (QED) is 0.745. The monoisotopic (exact) mass is 403 g/mol. The van der Waals surface area contributed by atoms with Gasteiger partial charge >= 0.3 is 0 Å². The lowest BCUT2D eigenvalue weighted by molar-refractivity contribution is 0.411. The number of anilines is 1. The Morgan fingerprint density at radius 3 is 2.50 bits per heavy atom. The summed E-state index contributed by atoms with van der Waals surface area (Å²) < 4.78 is 32.7. The van der Waals surface area contributed by atoms with Gasteiger partial charge < -0.3 is 4.74 Å². The van der Waals surface area contributed by atoms with Crippen LogP contribution in [0.5, 0.6) is 5.75 Å². The van der Waals surface area contributed by atoms with E-state index < -0.39 is 10.0 Å². The van der Waals surface area contributed by atoms with Crippen molar-refractivity contribution in [3.63, 3.8) is 0 Å². The van der Waals surface area contributed by atoms with Gasteiger partial charge in [0.1, 0.15) is 5.75 Å². The molecule has 2 rings (SSSR count). The summed E-state index contributed by atoms with van der Waals surface area (Å²) in [5.74, 6) is 0.574. The SMILES string of the molecule is CCN(c1cccc(Cl)c1)S(=O)(=O)c1ccc(OC)c(Br)c1. The Bertz CT molecular complexity index is 780. The molecule has 0 fully saturated rings. The Hall–Kier alpha value is -1.24. The van der Waals surface area contributed by atoms with Gasteiger partial charge in [-0.1, -0.05) is 17.7 Å². The molecule has 0 saturated heterocycles. The third kappa shape index (κ3) is 3.39. The first kappa shape index (κ1) is 17.1. The molecule has 0 amide bonds. The van der Waals surface area contributed by atoms with E-state index in [9.17, 15) is 8.42 Å². The van der Waals surface area contributed by atoms with Crippen molar-refractivity contribution in [3.8, 4) is 5.75 Å². The zero-order valence-corrected chi connectivity index (χ0v) is 15.2. The fourth-order valence-electron chi connectivity index (χ4n) is 2.06. The molecule has 0 atom stereocenters. The lowest BCUT2D eigenvalue weighted by Crippen LogP contribution is -2.30. The lowest BCUT2D eigenvalue weighted by Gasteiger charge is -2.23. The van der Waals surface area contributed by atoms with Crippen LogP contribution in [-0.4, -0.2) is 22.1 Å². The van der Waals surface area contributed by atoms with Crippen LogP contribution in [0, 0.1) is 0 Å². The van der Waals surface area contributed by atoms with Crippen LogP contribution >= 0.6 is 27.5 Å². The molecular weight excluding hydrogens is 390 g/mol. The van der Waals surface area contributed by atoms with Gasteiger partial charge in [0.2, 0.25) is 0 Å². The highest BCUT2D eigenvalue weighted by Gasteiger charge is 2.24. The van der Waals surface area contributed by atoms with E-state index in [2.05, 4.69) is 15.9 Å². The van der Waals surface area contributed by atoms with Crippen molar-refractivity contribution in [2.24, 2.45) is 0 Å². The molecule has 4 nitrogen and oxygen atoms in total. The van der Waals surface area contributed by atoms with Crippen LogP contribution in [0.4, 0.5) is 5.69 Å². The van der Waals surface area contributed by atoms with E-state index in [4.69, 9.17) is 16.3 Å². The minimum atomic E-state index is -3.68. The van der Waals surface area contributed by atoms with Crippen molar-refractivity contribution < 1.29 is 13.2 Å². The Morgan fingerprint density at radius 1 is 1.23 bits per heavy atom. The summed E-state index contributed by atoms with van der Waals surface area (Å²) >= 11 is 9.27. The molecule has 0 aliphatic carbocycles. The van der Waals surface area contributed by atoms with Crippen molar-refractivity contribution >= 4 is 43.2 Å². The minimum Gasteiger partial charge on any atom is -0.496 e. The fourth-order valence-corrected chi connectivity index (χ4v) is 4.43. The predicted molar refractivity (Wildman–Crippen MR) is 92.4 cm³/mol. The smallest absolute Gasteiger partial charge is 0.264 e. The molecule has 0 radical (unpaired) electrons. The zero-order valence-electron chi connectivity index (χ0n) is 12.1. The third-order valence-electron chi connectivity index (χ3n) is 3.09. The average Bonchev–Trinajstić information content (AvgIpc) is 2.47. The maximum absolute atomic E-state index is 12.8. The molecule has 2 aromatic rings. The maximum atomic E-state index is 12.8. The van der Waals surface area contributed by atoms with Crippen molar-refractivity contribution in [1.29, 1.82) is 0 Å². The van der Waals surface area contributed by atoms with Crippen LogP contribution in [-0.2, 0) is 10.0 Å². The highest BCUT2D eigenvalue weighted by Crippen LogP contribution is 2.31. The fraction of sp³-hybridized carbons (Fsp3) is 0.200. The van der Waals surface area contributed by atoms with Gasteiger partial charge in [-0.25, -0.2) is 8.42 Å². The normalized spacial score (nSPS) is 11.3. The van der Waals surface area contributed by atoms with Crippen molar-refractivity contribution in [1.82, 2.24) is 0 Å². The van der Waals surface area contributed by atoms with E-state index in [1.54, 1.807) is 37.3 Å². The molecule has 0 N–H and O–H groups in total. The second kappa shape index (κ2) is 6.89. The standard InChI is InChI=1S/C15H15BrClNO3S/c1-3-18(12-6-4-5-11(17)9-12)22(19,20)13-7-8-15(21-2)14(16)10-13/h4-10H,3H2,1-2H3. The van der Waals surface area contributed by atoms with Crippen molar-refractivity contribution in [2.45, 2.75) is 11.8 Å². The summed E-state index contributed by atoms with van der Waals surface area (Å²) in [6, 6.07) is 11.4. The van der Waals surface area contributed by atoms with E-state index in [0.717, 1.165) is 0 Å². The van der Waals surface area contributed by atoms with E-state index >= 15 is 0 Å². The molecule has 0 aromatic heterocycles. The zero-order chi connectivity index (χ0) is 16.3. The number of ether oxygens (including phenoxy) is 1. The molecule has 0 aliphatic rings. The molecule has 2 aromatic carbocycles. The van der Waals surface area contributed by atoms with Crippen LogP contribution in [0.3, 0.4) is 0 Å². The number of methoxy groups -OCH3 is 1. The number of rotatable bonds is 5. The summed E-state index contributed by atoms with van der Waals surface area (Å²) in [5, 5.41) is 0.488.